The number of fused-ring (bicyclic) bond motifs is 1. The van der Waals surface area contributed by atoms with Gasteiger partial charge in [0.05, 0.1) is 24.0 Å². The van der Waals surface area contributed by atoms with Crippen molar-refractivity contribution in [3.05, 3.63) is 30.3 Å². The summed E-state index contributed by atoms with van der Waals surface area (Å²) in [5.74, 6) is -0.223. The van der Waals surface area contributed by atoms with Crippen molar-refractivity contribution in [1.82, 2.24) is 14.5 Å². The molecule has 0 saturated carbocycles. The molecule has 1 aromatic carbocycles. The van der Waals surface area contributed by atoms with Gasteiger partial charge in [-0.3, -0.25) is 4.90 Å². The molecule has 0 bridgehead atoms. The van der Waals surface area contributed by atoms with E-state index in [0.29, 0.717) is 0 Å². The zero-order valence-electron chi connectivity index (χ0n) is 9.06. The molecule has 2 aromatic rings. The molecule has 3 rings (SSSR count). The molecule has 1 aromatic heterocycles. The van der Waals surface area contributed by atoms with Crippen LogP contribution < -0.4 is 0 Å². The molecule has 3 nitrogen and oxygen atoms in total. The van der Waals surface area contributed by atoms with Gasteiger partial charge in [0, 0.05) is 6.07 Å². The van der Waals surface area contributed by atoms with Crippen molar-refractivity contribution in [2.24, 2.45) is 0 Å². The summed E-state index contributed by atoms with van der Waals surface area (Å²) in [5, 5.41) is 0. The zero-order valence-corrected chi connectivity index (χ0v) is 9.06. The Labute approximate surface area is 93.5 Å². The molecule has 4 heteroatoms. The van der Waals surface area contributed by atoms with Gasteiger partial charge in [-0.2, -0.15) is 0 Å². The molecule has 1 aliphatic rings. The molecule has 0 aliphatic carbocycles. The third-order valence-electron chi connectivity index (χ3n) is 3.13. The zero-order chi connectivity index (χ0) is 11.0. The Morgan fingerprint density at radius 3 is 2.88 bits per heavy atom. The molecule has 1 aliphatic heterocycles. The predicted molar refractivity (Wildman–Crippen MR) is 60.5 cm³/mol. The van der Waals surface area contributed by atoms with Crippen LogP contribution in [0.1, 0.15) is 12.8 Å². The van der Waals surface area contributed by atoms with E-state index >= 15 is 0 Å². The SMILES string of the molecule is Fc1ccc2c(c1)ncn2CN1CCCC1. The van der Waals surface area contributed by atoms with Gasteiger partial charge < -0.3 is 4.57 Å². The van der Waals surface area contributed by atoms with Crippen LogP contribution in [0.4, 0.5) is 4.39 Å². The van der Waals surface area contributed by atoms with Gasteiger partial charge in [0.25, 0.3) is 0 Å². The van der Waals surface area contributed by atoms with Crippen LogP contribution in [0.3, 0.4) is 0 Å². The van der Waals surface area contributed by atoms with Crippen LogP contribution in [0.15, 0.2) is 24.5 Å². The van der Waals surface area contributed by atoms with Crippen molar-refractivity contribution >= 4 is 11.0 Å². The first-order chi connectivity index (χ1) is 7.83. The minimum Gasteiger partial charge on any atom is -0.317 e. The maximum Gasteiger partial charge on any atom is 0.125 e. The van der Waals surface area contributed by atoms with Crippen molar-refractivity contribution in [3.63, 3.8) is 0 Å². The molecule has 0 atom stereocenters. The van der Waals surface area contributed by atoms with Gasteiger partial charge in [0.15, 0.2) is 0 Å². The van der Waals surface area contributed by atoms with E-state index in [1.54, 1.807) is 12.4 Å². The summed E-state index contributed by atoms with van der Waals surface area (Å²) in [7, 11) is 0. The van der Waals surface area contributed by atoms with Gasteiger partial charge in [-0.15, -0.1) is 0 Å². The second-order valence-corrected chi connectivity index (χ2v) is 4.31. The summed E-state index contributed by atoms with van der Waals surface area (Å²) < 4.78 is 15.1. The van der Waals surface area contributed by atoms with Crippen LogP contribution >= 0.6 is 0 Å². The van der Waals surface area contributed by atoms with E-state index in [1.807, 2.05) is 0 Å². The van der Waals surface area contributed by atoms with Crippen molar-refractivity contribution in [2.75, 3.05) is 13.1 Å². The van der Waals surface area contributed by atoms with E-state index in [2.05, 4.69) is 14.5 Å². The number of halogens is 1. The smallest absolute Gasteiger partial charge is 0.125 e. The lowest BCUT2D eigenvalue weighted by atomic mass is 10.3. The van der Waals surface area contributed by atoms with Crippen LogP contribution in [0.2, 0.25) is 0 Å². The molecule has 1 saturated heterocycles. The molecule has 0 N–H and O–H groups in total. The van der Waals surface area contributed by atoms with E-state index in [9.17, 15) is 4.39 Å². The Morgan fingerprint density at radius 2 is 2.06 bits per heavy atom. The highest BCUT2D eigenvalue weighted by molar-refractivity contribution is 5.75. The molecule has 2 heterocycles. The van der Waals surface area contributed by atoms with Crippen LogP contribution in [0, 0.1) is 5.82 Å². The second kappa shape index (κ2) is 3.87. The summed E-state index contributed by atoms with van der Waals surface area (Å²) in [6.07, 6.45) is 4.35. The summed E-state index contributed by atoms with van der Waals surface area (Å²) in [5.41, 5.74) is 1.74. The van der Waals surface area contributed by atoms with Crippen molar-refractivity contribution in [1.29, 1.82) is 0 Å². The molecule has 16 heavy (non-hydrogen) atoms. The average Bonchev–Trinajstić information content (AvgIpc) is 2.89. The highest BCUT2D eigenvalue weighted by Gasteiger charge is 2.13. The van der Waals surface area contributed by atoms with E-state index < -0.39 is 0 Å². The lowest BCUT2D eigenvalue weighted by Crippen LogP contribution is -2.22. The number of benzene rings is 1. The quantitative estimate of drug-likeness (QED) is 0.772. The third-order valence-corrected chi connectivity index (χ3v) is 3.13. The Hall–Kier alpha value is -1.42. The average molecular weight is 219 g/mol. The molecule has 0 amide bonds. The summed E-state index contributed by atoms with van der Waals surface area (Å²) >= 11 is 0. The molecule has 0 unspecified atom stereocenters. The minimum absolute atomic E-state index is 0.223. The van der Waals surface area contributed by atoms with Gasteiger partial charge >= 0.3 is 0 Å². The highest BCUT2D eigenvalue weighted by Crippen LogP contribution is 2.16. The van der Waals surface area contributed by atoms with Gasteiger partial charge in [0.1, 0.15) is 5.82 Å². The van der Waals surface area contributed by atoms with Crippen molar-refractivity contribution in [3.8, 4) is 0 Å². The van der Waals surface area contributed by atoms with Crippen LogP contribution in [-0.2, 0) is 6.67 Å². The van der Waals surface area contributed by atoms with Crippen molar-refractivity contribution in [2.45, 2.75) is 19.5 Å². The van der Waals surface area contributed by atoms with Crippen LogP contribution in [-0.4, -0.2) is 27.5 Å². The number of aromatic nitrogens is 2. The standard InChI is InChI=1S/C12H14FN3/c13-10-3-4-12-11(7-10)14-8-16(12)9-15-5-1-2-6-15/h3-4,7-8H,1-2,5-6,9H2. The van der Waals surface area contributed by atoms with Crippen LogP contribution in [0.25, 0.3) is 11.0 Å². The summed E-state index contributed by atoms with van der Waals surface area (Å²) in [6.45, 7) is 3.17. The number of rotatable bonds is 2. The Balaban J connectivity index is 1.91. The Bertz CT molecular complexity index is 500. The number of imidazole rings is 1. The maximum atomic E-state index is 13.0. The fourth-order valence-corrected chi connectivity index (χ4v) is 2.29. The molecule has 1 fully saturated rings. The fraction of sp³-hybridized carbons (Fsp3) is 0.417. The van der Waals surface area contributed by atoms with E-state index in [1.165, 1.54) is 25.0 Å². The number of likely N-dealkylation sites (tertiary alicyclic amines) is 1. The lowest BCUT2D eigenvalue weighted by molar-refractivity contribution is 0.274. The monoisotopic (exact) mass is 219 g/mol. The molecule has 0 spiro atoms. The summed E-state index contributed by atoms with van der Waals surface area (Å²) in [6, 6.07) is 4.77. The van der Waals surface area contributed by atoms with Gasteiger partial charge in [-0.25, -0.2) is 9.37 Å². The third kappa shape index (κ3) is 1.69. The Morgan fingerprint density at radius 1 is 1.25 bits per heavy atom. The van der Waals surface area contributed by atoms with Crippen molar-refractivity contribution < 1.29 is 4.39 Å². The first-order valence-corrected chi connectivity index (χ1v) is 5.66. The normalized spacial score (nSPS) is 17.3. The highest BCUT2D eigenvalue weighted by atomic mass is 19.1. The Kier molecular flexibility index (Phi) is 2.36. The number of hydrogen-bond donors (Lipinski definition) is 0. The predicted octanol–water partition coefficient (Wildman–Crippen LogP) is 2.23. The van der Waals surface area contributed by atoms with Gasteiger partial charge in [0.2, 0.25) is 0 Å². The first kappa shape index (κ1) is 9.78. The lowest BCUT2D eigenvalue weighted by Gasteiger charge is -2.15. The molecule has 0 radical (unpaired) electrons. The molecular formula is C12H14FN3. The summed E-state index contributed by atoms with van der Waals surface area (Å²) in [4.78, 5) is 6.61. The molecular weight excluding hydrogens is 205 g/mol. The maximum absolute atomic E-state index is 13.0. The first-order valence-electron chi connectivity index (χ1n) is 5.66. The van der Waals surface area contributed by atoms with Gasteiger partial charge in [-0.1, -0.05) is 0 Å². The number of nitrogens with zero attached hydrogens (tertiary/aromatic N) is 3. The van der Waals surface area contributed by atoms with E-state index in [-0.39, 0.29) is 5.82 Å². The van der Waals surface area contributed by atoms with E-state index in [0.717, 1.165) is 30.8 Å². The van der Waals surface area contributed by atoms with E-state index in [4.69, 9.17) is 0 Å². The number of hydrogen-bond acceptors (Lipinski definition) is 2. The fourth-order valence-electron chi connectivity index (χ4n) is 2.29. The topological polar surface area (TPSA) is 21.1 Å². The second-order valence-electron chi connectivity index (χ2n) is 4.31. The van der Waals surface area contributed by atoms with Crippen LogP contribution in [0.5, 0.6) is 0 Å². The van der Waals surface area contributed by atoms with Gasteiger partial charge in [-0.05, 0) is 38.1 Å². The largest absolute Gasteiger partial charge is 0.317 e. The molecule has 84 valence electrons. The minimum atomic E-state index is -0.223.